The molecule has 2 unspecified atom stereocenters. The minimum atomic E-state index is -4.26. The summed E-state index contributed by atoms with van der Waals surface area (Å²) >= 11 is 1.50. The predicted molar refractivity (Wildman–Crippen MR) is 194 cm³/mol. The fourth-order valence-electron chi connectivity index (χ4n) is 5.30. The Bertz CT molecular complexity index is 1760. The highest BCUT2D eigenvalue weighted by molar-refractivity contribution is 7.98. The van der Waals surface area contributed by atoms with E-state index in [0.29, 0.717) is 18.8 Å². The Hall–Kier alpha value is -4.28. The van der Waals surface area contributed by atoms with Gasteiger partial charge in [-0.3, -0.25) is 13.9 Å². The summed E-state index contributed by atoms with van der Waals surface area (Å²) in [5.41, 5.74) is 2.93. The predicted octanol–water partition coefficient (Wildman–Crippen LogP) is 6.87. The molecule has 0 fully saturated rings. The van der Waals surface area contributed by atoms with E-state index in [2.05, 4.69) is 5.32 Å². The Morgan fingerprint density at radius 2 is 1.52 bits per heavy atom. The van der Waals surface area contributed by atoms with Crippen molar-refractivity contribution in [2.24, 2.45) is 0 Å². The minimum absolute atomic E-state index is 0.0419. The van der Waals surface area contributed by atoms with Crippen LogP contribution in [0, 0.1) is 6.92 Å². The van der Waals surface area contributed by atoms with Crippen molar-refractivity contribution in [3.63, 3.8) is 0 Å². The average Bonchev–Trinajstić information content (AvgIpc) is 3.10. The smallest absolute Gasteiger partial charge is 0.264 e. The number of nitrogens with one attached hydrogen (secondary N) is 1. The minimum Gasteiger partial charge on any atom is -0.492 e. The van der Waals surface area contributed by atoms with Crippen molar-refractivity contribution in [1.29, 1.82) is 0 Å². The quantitative estimate of drug-likeness (QED) is 0.129. The first kappa shape index (κ1) is 36.6. The molecule has 0 spiro atoms. The molecule has 4 aromatic carbocycles. The van der Waals surface area contributed by atoms with Crippen LogP contribution in [0.4, 0.5) is 5.69 Å². The van der Waals surface area contributed by atoms with Gasteiger partial charge in [-0.1, -0.05) is 73.7 Å². The first-order valence-electron chi connectivity index (χ1n) is 16.2. The van der Waals surface area contributed by atoms with E-state index < -0.39 is 28.5 Å². The lowest BCUT2D eigenvalue weighted by molar-refractivity contribution is -0.140. The van der Waals surface area contributed by atoms with Gasteiger partial charge in [0.25, 0.3) is 10.0 Å². The van der Waals surface area contributed by atoms with Gasteiger partial charge < -0.3 is 15.0 Å². The molecule has 0 radical (unpaired) electrons. The lowest BCUT2D eigenvalue weighted by Gasteiger charge is -2.35. The number of nitrogens with zero attached hydrogens (tertiary/aromatic N) is 2. The summed E-state index contributed by atoms with van der Waals surface area (Å²) in [5.74, 6) is -0.487. The number of aryl methyl sites for hydroxylation is 1. The maximum absolute atomic E-state index is 14.8. The summed E-state index contributed by atoms with van der Waals surface area (Å²) in [6.07, 6.45) is 2.88. The molecule has 0 aliphatic carbocycles. The maximum Gasteiger partial charge on any atom is 0.264 e. The van der Waals surface area contributed by atoms with Gasteiger partial charge in [-0.2, -0.15) is 0 Å². The fraction of sp³-hybridized carbons (Fsp3) is 0.316. The number of para-hydroxylation sites is 2. The van der Waals surface area contributed by atoms with Gasteiger partial charge in [0, 0.05) is 23.9 Å². The molecule has 10 heteroatoms. The molecular formula is C38H45N3O5S2. The molecule has 48 heavy (non-hydrogen) atoms. The summed E-state index contributed by atoms with van der Waals surface area (Å²) in [4.78, 5) is 31.3. The standard InChI is InChI=1S/C38H45N3O5S2/c1-6-29(4)39-38(43)35(25-30-16-9-8-10-17-30)40(26-31-18-12-11-15-28(31)3)37(42)27-41(34-19-13-14-20-36(34)46-7-2)48(44,45)33-23-21-32(47-5)22-24-33/h8-24,29,35H,6-7,25-27H2,1-5H3,(H,39,43). The van der Waals surface area contributed by atoms with Gasteiger partial charge in [0.15, 0.2) is 0 Å². The van der Waals surface area contributed by atoms with Crippen molar-refractivity contribution in [3.05, 3.63) is 120 Å². The van der Waals surface area contributed by atoms with E-state index in [-0.39, 0.29) is 35.5 Å². The molecule has 2 amide bonds. The Kier molecular flexibility index (Phi) is 13.1. The normalized spacial score (nSPS) is 12.5. The number of anilines is 1. The van der Waals surface area contributed by atoms with E-state index in [0.717, 1.165) is 25.9 Å². The summed E-state index contributed by atoms with van der Waals surface area (Å²) in [6, 6.07) is 29.6. The second-order valence-electron chi connectivity index (χ2n) is 11.6. The first-order valence-corrected chi connectivity index (χ1v) is 18.8. The zero-order chi connectivity index (χ0) is 34.7. The third-order valence-electron chi connectivity index (χ3n) is 8.23. The monoisotopic (exact) mass is 687 g/mol. The molecule has 0 bridgehead atoms. The lowest BCUT2D eigenvalue weighted by atomic mass is 10.0. The van der Waals surface area contributed by atoms with Crippen LogP contribution in [0.1, 0.15) is 43.9 Å². The summed E-state index contributed by atoms with van der Waals surface area (Å²) in [6.45, 7) is 7.54. The van der Waals surface area contributed by atoms with Crippen molar-refractivity contribution in [3.8, 4) is 5.75 Å². The molecule has 8 nitrogen and oxygen atoms in total. The Balaban J connectivity index is 1.85. The van der Waals surface area contributed by atoms with Crippen LogP contribution in [-0.2, 0) is 32.6 Å². The number of carbonyl (C=O) groups excluding carboxylic acids is 2. The second kappa shape index (κ2) is 17.2. The van der Waals surface area contributed by atoms with Crippen LogP contribution in [0.25, 0.3) is 0 Å². The number of amides is 2. The third-order valence-corrected chi connectivity index (χ3v) is 10.8. The van der Waals surface area contributed by atoms with Crippen LogP contribution in [0.15, 0.2) is 113 Å². The Morgan fingerprint density at radius 1 is 0.875 bits per heavy atom. The lowest BCUT2D eigenvalue weighted by Crippen LogP contribution is -2.54. The Morgan fingerprint density at radius 3 is 2.17 bits per heavy atom. The average molecular weight is 688 g/mol. The van der Waals surface area contributed by atoms with Gasteiger partial charge in [0.05, 0.1) is 17.2 Å². The largest absolute Gasteiger partial charge is 0.492 e. The van der Waals surface area contributed by atoms with Crippen LogP contribution in [0.5, 0.6) is 5.75 Å². The molecule has 0 heterocycles. The summed E-state index contributed by atoms with van der Waals surface area (Å²) < 4.78 is 35.9. The molecule has 1 N–H and O–H groups in total. The van der Waals surface area contributed by atoms with Gasteiger partial charge >= 0.3 is 0 Å². The summed E-state index contributed by atoms with van der Waals surface area (Å²) in [7, 11) is -4.26. The SMILES string of the molecule is CCOc1ccccc1N(CC(=O)N(Cc1ccccc1C)C(Cc1ccccc1)C(=O)NC(C)CC)S(=O)(=O)c1ccc(SC)cc1. The van der Waals surface area contributed by atoms with Gasteiger partial charge in [-0.15, -0.1) is 11.8 Å². The molecule has 0 aliphatic rings. The van der Waals surface area contributed by atoms with Crippen molar-refractivity contribution < 1.29 is 22.7 Å². The number of carbonyl (C=O) groups is 2. The van der Waals surface area contributed by atoms with Crippen LogP contribution in [0.2, 0.25) is 0 Å². The summed E-state index contributed by atoms with van der Waals surface area (Å²) in [5, 5.41) is 3.08. The van der Waals surface area contributed by atoms with E-state index in [1.165, 1.54) is 16.7 Å². The number of hydrogen-bond donors (Lipinski definition) is 1. The second-order valence-corrected chi connectivity index (χ2v) is 14.3. The highest BCUT2D eigenvalue weighted by Crippen LogP contribution is 2.33. The third kappa shape index (κ3) is 9.20. The van der Waals surface area contributed by atoms with E-state index in [4.69, 9.17) is 4.74 Å². The number of ether oxygens (including phenoxy) is 1. The van der Waals surface area contributed by atoms with E-state index in [1.54, 1.807) is 48.5 Å². The number of rotatable bonds is 16. The highest BCUT2D eigenvalue weighted by atomic mass is 32.2. The molecule has 0 saturated carbocycles. The number of hydrogen-bond acceptors (Lipinski definition) is 6. The van der Waals surface area contributed by atoms with Crippen LogP contribution < -0.4 is 14.4 Å². The highest BCUT2D eigenvalue weighted by Gasteiger charge is 2.36. The number of thioether (sulfide) groups is 1. The Labute approximate surface area is 289 Å². The van der Waals surface area contributed by atoms with E-state index in [9.17, 15) is 18.0 Å². The molecule has 0 aromatic heterocycles. The van der Waals surface area contributed by atoms with Crippen LogP contribution >= 0.6 is 11.8 Å². The van der Waals surface area contributed by atoms with Crippen molar-refractivity contribution in [1.82, 2.24) is 10.2 Å². The molecule has 0 aliphatic heterocycles. The number of sulfonamides is 1. The van der Waals surface area contributed by atoms with Crippen molar-refractivity contribution in [2.75, 3.05) is 23.7 Å². The molecule has 4 rings (SSSR count). The van der Waals surface area contributed by atoms with Gasteiger partial charge in [-0.05, 0) is 86.5 Å². The first-order chi connectivity index (χ1) is 23.1. The molecule has 254 valence electrons. The van der Waals surface area contributed by atoms with Gasteiger partial charge in [0.2, 0.25) is 11.8 Å². The topological polar surface area (TPSA) is 96.0 Å². The zero-order valence-electron chi connectivity index (χ0n) is 28.3. The van der Waals surface area contributed by atoms with Gasteiger partial charge in [-0.25, -0.2) is 8.42 Å². The van der Waals surface area contributed by atoms with E-state index >= 15 is 0 Å². The zero-order valence-corrected chi connectivity index (χ0v) is 29.9. The van der Waals surface area contributed by atoms with Crippen molar-refractivity contribution >= 4 is 39.3 Å². The molecular weight excluding hydrogens is 643 g/mol. The van der Waals surface area contributed by atoms with Crippen molar-refractivity contribution in [2.45, 2.75) is 69.0 Å². The van der Waals surface area contributed by atoms with Crippen LogP contribution in [-0.4, -0.2) is 56.6 Å². The van der Waals surface area contributed by atoms with Gasteiger partial charge in [0.1, 0.15) is 18.3 Å². The maximum atomic E-state index is 14.8. The molecule has 0 saturated heterocycles. The molecule has 2 atom stereocenters. The number of benzene rings is 4. The fourth-order valence-corrected chi connectivity index (χ4v) is 7.13. The van der Waals surface area contributed by atoms with Crippen LogP contribution in [0.3, 0.4) is 0 Å². The van der Waals surface area contributed by atoms with E-state index in [1.807, 2.05) is 88.5 Å². The molecule has 4 aromatic rings.